The molecule has 0 saturated carbocycles. The van der Waals surface area contributed by atoms with Crippen LogP contribution < -0.4 is 10.1 Å². The molecule has 1 amide bonds. The van der Waals surface area contributed by atoms with Crippen LogP contribution in [-0.2, 0) is 0 Å². The average Bonchev–Trinajstić information content (AvgIpc) is 3.10. The lowest BCUT2D eigenvalue weighted by atomic mass is 10.2. The summed E-state index contributed by atoms with van der Waals surface area (Å²) in [6.45, 7) is 0.394. The Bertz CT molecular complexity index is 1100. The lowest BCUT2D eigenvalue weighted by Gasteiger charge is -2.09. The van der Waals surface area contributed by atoms with Gasteiger partial charge in [-0.15, -0.1) is 23.1 Å². The Kier molecular flexibility index (Phi) is 6.90. The van der Waals surface area contributed by atoms with Gasteiger partial charge in [0.1, 0.15) is 5.03 Å². The maximum Gasteiger partial charge on any atom is 0.412 e. The number of nitrogens with one attached hydrogen (secondary N) is 1. The van der Waals surface area contributed by atoms with Gasteiger partial charge in [0.05, 0.1) is 21.7 Å². The van der Waals surface area contributed by atoms with Crippen LogP contribution in [0.2, 0.25) is 0 Å². The number of ether oxygens (including phenoxy) is 1. The summed E-state index contributed by atoms with van der Waals surface area (Å²) in [7, 11) is 0. The van der Waals surface area contributed by atoms with Crippen molar-refractivity contribution < 1.29 is 19.4 Å². The van der Waals surface area contributed by atoms with Crippen LogP contribution in [-0.4, -0.2) is 35.0 Å². The highest BCUT2D eigenvalue weighted by Crippen LogP contribution is 2.45. The molecule has 7 nitrogen and oxygen atoms in total. The summed E-state index contributed by atoms with van der Waals surface area (Å²) in [6.07, 6.45) is 3.96. The molecule has 0 aliphatic rings. The summed E-state index contributed by atoms with van der Waals surface area (Å²) < 4.78 is 6.19. The Hall–Kier alpha value is -2.83. The minimum absolute atomic E-state index is 0.0297. The van der Waals surface area contributed by atoms with Gasteiger partial charge in [-0.3, -0.25) is 0 Å². The van der Waals surface area contributed by atoms with Crippen LogP contribution in [0, 0.1) is 11.3 Å². The van der Waals surface area contributed by atoms with E-state index in [0.29, 0.717) is 23.4 Å². The van der Waals surface area contributed by atoms with Crippen molar-refractivity contribution >= 4 is 56.2 Å². The van der Waals surface area contributed by atoms with Gasteiger partial charge in [-0.1, -0.05) is 24.6 Å². The SMILES string of the molecule is CSc1nc2ccccc2c2sc(C(=O)O)c(OC(=O)NCCCCCC#N)c12. The Morgan fingerprint density at radius 3 is 2.83 bits per heavy atom. The van der Waals surface area contributed by atoms with Gasteiger partial charge in [-0.05, 0) is 25.2 Å². The molecule has 3 aromatic rings. The molecule has 2 heterocycles. The highest BCUT2D eigenvalue weighted by Gasteiger charge is 2.26. The van der Waals surface area contributed by atoms with Gasteiger partial charge in [-0.25, -0.2) is 14.6 Å². The van der Waals surface area contributed by atoms with E-state index in [0.717, 1.165) is 46.2 Å². The Morgan fingerprint density at radius 2 is 2.10 bits per heavy atom. The molecule has 9 heteroatoms. The minimum Gasteiger partial charge on any atom is -0.477 e. The van der Waals surface area contributed by atoms with Gasteiger partial charge in [-0.2, -0.15) is 5.26 Å². The largest absolute Gasteiger partial charge is 0.477 e. The van der Waals surface area contributed by atoms with E-state index < -0.39 is 12.1 Å². The standard InChI is InChI=1S/C20H19N3O4S2/c1-28-18-14-15(27-20(26)22-11-7-3-2-6-10-21)17(19(24)25)29-16(14)12-8-4-5-9-13(12)23-18/h4-5,8-9H,2-3,6-7,11H2,1H3,(H,22,26)(H,24,25). The molecule has 0 radical (unpaired) electrons. The number of carboxylic acid groups (broad SMARTS) is 1. The number of benzene rings is 1. The van der Waals surface area contributed by atoms with Gasteiger partial charge in [0.15, 0.2) is 10.6 Å². The number of amides is 1. The molecule has 2 aromatic heterocycles. The van der Waals surface area contributed by atoms with E-state index in [1.54, 1.807) is 0 Å². The number of thioether (sulfide) groups is 1. The Labute approximate surface area is 175 Å². The number of pyridine rings is 1. The first-order valence-corrected chi connectivity index (χ1v) is 11.1. The van der Waals surface area contributed by atoms with E-state index in [1.807, 2.05) is 30.5 Å². The first-order valence-electron chi connectivity index (χ1n) is 9.02. The molecule has 0 atom stereocenters. The van der Waals surface area contributed by atoms with E-state index >= 15 is 0 Å². The van der Waals surface area contributed by atoms with Crippen LogP contribution in [0.5, 0.6) is 5.75 Å². The molecule has 0 saturated heterocycles. The molecular formula is C20H19N3O4S2. The number of unbranched alkanes of at least 4 members (excludes halogenated alkanes) is 3. The third kappa shape index (κ3) is 4.60. The zero-order valence-corrected chi connectivity index (χ0v) is 17.4. The predicted molar refractivity (Wildman–Crippen MR) is 114 cm³/mol. The van der Waals surface area contributed by atoms with E-state index in [2.05, 4.69) is 16.4 Å². The number of para-hydroxylation sites is 1. The molecule has 0 unspecified atom stereocenters. The number of carbonyl (C=O) groups is 2. The fourth-order valence-electron chi connectivity index (χ4n) is 2.94. The molecule has 2 N–H and O–H groups in total. The van der Waals surface area contributed by atoms with Crippen LogP contribution >= 0.6 is 23.1 Å². The highest BCUT2D eigenvalue weighted by molar-refractivity contribution is 7.98. The quantitative estimate of drug-likeness (QED) is 0.381. The number of hydrogen-bond donors (Lipinski definition) is 2. The van der Waals surface area contributed by atoms with Crippen molar-refractivity contribution in [1.29, 1.82) is 5.26 Å². The van der Waals surface area contributed by atoms with Crippen molar-refractivity contribution in [3.63, 3.8) is 0 Å². The van der Waals surface area contributed by atoms with Gasteiger partial charge < -0.3 is 15.2 Å². The number of carboxylic acids is 1. The van der Waals surface area contributed by atoms with Gasteiger partial charge in [0.25, 0.3) is 0 Å². The number of nitriles is 1. The third-order valence-electron chi connectivity index (χ3n) is 4.27. The zero-order chi connectivity index (χ0) is 20.8. The van der Waals surface area contributed by atoms with Gasteiger partial charge in [0, 0.05) is 18.4 Å². The van der Waals surface area contributed by atoms with Crippen molar-refractivity contribution in [2.75, 3.05) is 12.8 Å². The Morgan fingerprint density at radius 1 is 1.31 bits per heavy atom. The number of carbonyl (C=O) groups excluding carboxylic acids is 1. The first-order chi connectivity index (χ1) is 14.1. The number of fused-ring (bicyclic) bond motifs is 3. The Balaban J connectivity index is 1.91. The summed E-state index contributed by atoms with van der Waals surface area (Å²) in [5.74, 6) is -1.12. The van der Waals surface area contributed by atoms with Gasteiger partial charge in [0.2, 0.25) is 0 Å². The molecule has 29 heavy (non-hydrogen) atoms. The minimum atomic E-state index is -1.15. The number of nitrogens with zero attached hydrogens (tertiary/aromatic N) is 2. The molecule has 0 fully saturated rings. The molecule has 150 valence electrons. The lowest BCUT2D eigenvalue weighted by molar-refractivity contribution is 0.0700. The highest BCUT2D eigenvalue weighted by atomic mass is 32.2. The van der Waals surface area contributed by atoms with Crippen LogP contribution in [0.25, 0.3) is 21.0 Å². The predicted octanol–water partition coefficient (Wildman–Crippen LogP) is 5.04. The molecule has 0 aliphatic heterocycles. The second-order valence-electron chi connectivity index (χ2n) is 6.19. The maximum atomic E-state index is 12.3. The summed E-state index contributed by atoms with van der Waals surface area (Å²) in [6, 6.07) is 9.56. The first kappa shape index (κ1) is 20.9. The molecule has 0 spiro atoms. The lowest BCUT2D eigenvalue weighted by Crippen LogP contribution is -2.28. The summed E-state index contributed by atoms with van der Waals surface area (Å²) in [4.78, 5) is 28.7. The number of rotatable bonds is 8. The van der Waals surface area contributed by atoms with Crippen LogP contribution in [0.3, 0.4) is 0 Å². The van der Waals surface area contributed by atoms with E-state index in [4.69, 9.17) is 10.00 Å². The average molecular weight is 430 g/mol. The molecular weight excluding hydrogens is 410 g/mol. The number of thiophene rings is 1. The maximum absolute atomic E-state index is 12.3. The summed E-state index contributed by atoms with van der Waals surface area (Å²) >= 11 is 2.46. The monoisotopic (exact) mass is 429 g/mol. The third-order valence-corrected chi connectivity index (χ3v) is 6.14. The molecule has 0 bridgehead atoms. The van der Waals surface area contributed by atoms with E-state index in [-0.39, 0.29) is 10.6 Å². The van der Waals surface area contributed by atoms with Crippen molar-refractivity contribution in [2.24, 2.45) is 0 Å². The van der Waals surface area contributed by atoms with Crippen LogP contribution in [0.15, 0.2) is 29.3 Å². The number of aromatic nitrogens is 1. The van der Waals surface area contributed by atoms with Crippen molar-refractivity contribution in [2.45, 2.75) is 30.7 Å². The van der Waals surface area contributed by atoms with Crippen molar-refractivity contribution in [3.8, 4) is 11.8 Å². The zero-order valence-electron chi connectivity index (χ0n) is 15.7. The smallest absolute Gasteiger partial charge is 0.412 e. The summed E-state index contributed by atoms with van der Waals surface area (Å²) in [5, 5.41) is 22.8. The normalized spacial score (nSPS) is 10.8. The van der Waals surface area contributed by atoms with Crippen molar-refractivity contribution in [3.05, 3.63) is 29.1 Å². The fraction of sp³-hybridized carbons (Fsp3) is 0.300. The second kappa shape index (κ2) is 9.58. The fourth-order valence-corrected chi connectivity index (χ4v) is 4.69. The van der Waals surface area contributed by atoms with E-state index in [9.17, 15) is 14.7 Å². The van der Waals surface area contributed by atoms with Crippen molar-refractivity contribution in [1.82, 2.24) is 10.3 Å². The van der Waals surface area contributed by atoms with Crippen LogP contribution in [0.1, 0.15) is 35.4 Å². The summed E-state index contributed by atoms with van der Waals surface area (Å²) in [5.41, 5.74) is 0.760. The molecule has 3 rings (SSSR count). The van der Waals surface area contributed by atoms with E-state index in [1.165, 1.54) is 11.8 Å². The number of hydrogen-bond acceptors (Lipinski definition) is 7. The molecule has 0 aliphatic carbocycles. The molecule has 1 aromatic carbocycles. The number of aromatic carboxylic acids is 1. The van der Waals surface area contributed by atoms with Gasteiger partial charge >= 0.3 is 12.1 Å². The second-order valence-corrected chi connectivity index (χ2v) is 8.01. The topological polar surface area (TPSA) is 112 Å². The van der Waals surface area contributed by atoms with Crippen LogP contribution in [0.4, 0.5) is 4.79 Å².